The zero-order valence-electron chi connectivity index (χ0n) is 34.8. The van der Waals surface area contributed by atoms with E-state index in [1.54, 1.807) is 0 Å². The number of carbonyl (C=O) groups is 2. The average Bonchev–Trinajstić information content (AvgIpc) is 3.20. The molecule has 1 saturated carbocycles. The molecule has 0 aromatic rings. The van der Waals surface area contributed by atoms with Crippen LogP contribution in [0.1, 0.15) is 136 Å². The van der Waals surface area contributed by atoms with Gasteiger partial charge in [0.2, 0.25) is 0 Å². The highest BCUT2D eigenvalue weighted by molar-refractivity contribution is 7.47. The zero-order chi connectivity index (χ0) is 42.9. The van der Waals surface area contributed by atoms with Gasteiger partial charge in [-0.15, -0.1) is 0 Å². The van der Waals surface area contributed by atoms with Gasteiger partial charge in [-0.05, 0) is 51.4 Å². The fraction of sp³-hybridized carbons (Fsp3) is 0.682. The third-order valence-corrected chi connectivity index (χ3v) is 10.3. The molecule has 1 fully saturated rings. The smallest absolute Gasteiger partial charge is 0.462 e. The molecule has 0 aromatic heterocycles. The van der Waals surface area contributed by atoms with Crippen LogP contribution in [0, 0.1) is 0 Å². The Morgan fingerprint density at radius 2 is 0.983 bits per heavy atom. The molecule has 58 heavy (non-hydrogen) atoms. The van der Waals surface area contributed by atoms with Crippen LogP contribution in [0.25, 0.3) is 0 Å². The van der Waals surface area contributed by atoms with Gasteiger partial charge in [-0.3, -0.25) is 18.6 Å². The number of aliphatic hydroxyl groups is 5. The zero-order valence-corrected chi connectivity index (χ0v) is 35.7. The Morgan fingerprint density at radius 1 is 0.552 bits per heavy atom. The Balaban J connectivity index is 2.53. The van der Waals surface area contributed by atoms with Gasteiger partial charge >= 0.3 is 19.8 Å². The first-order valence-corrected chi connectivity index (χ1v) is 22.7. The Kier molecular flexibility index (Phi) is 31.3. The molecular formula is C44H73O13P. The lowest BCUT2D eigenvalue weighted by atomic mass is 9.85. The van der Waals surface area contributed by atoms with Gasteiger partial charge in [0.05, 0.1) is 6.61 Å². The molecule has 0 saturated heterocycles. The molecule has 0 radical (unpaired) electrons. The summed E-state index contributed by atoms with van der Waals surface area (Å²) in [5.41, 5.74) is 0. The number of rotatable bonds is 33. The van der Waals surface area contributed by atoms with E-state index in [4.69, 9.17) is 18.5 Å². The average molecular weight is 841 g/mol. The number of unbranched alkanes of at least 4 members (excludes halogenated alkanes) is 9. The maximum Gasteiger partial charge on any atom is 0.472 e. The number of hydrogen-bond acceptors (Lipinski definition) is 12. The van der Waals surface area contributed by atoms with Gasteiger partial charge in [-0.25, -0.2) is 4.57 Å². The first-order valence-electron chi connectivity index (χ1n) is 21.2. The molecule has 0 aromatic carbocycles. The van der Waals surface area contributed by atoms with Crippen LogP contribution in [0.2, 0.25) is 0 Å². The SMILES string of the molecule is CC/C=C/C/C=C/C/C=C/C/C=C/C/C=C/C/C=C/CCC(=O)OC[C@@H](COP(=O)(O)OC1C(O)C(O)C(O)[C@H](O)C1O)OC(=O)CCCCCCCCCCCC. The van der Waals surface area contributed by atoms with E-state index in [0.29, 0.717) is 19.3 Å². The third kappa shape index (κ3) is 26.4. The summed E-state index contributed by atoms with van der Waals surface area (Å²) in [5.74, 6) is -1.21. The highest BCUT2D eigenvalue weighted by Gasteiger charge is 2.51. The normalized spacial score (nSPS) is 23.2. The van der Waals surface area contributed by atoms with Crippen LogP contribution in [0.4, 0.5) is 0 Å². The van der Waals surface area contributed by atoms with Crippen LogP contribution >= 0.6 is 7.82 Å². The summed E-state index contributed by atoms with van der Waals surface area (Å²) in [6.45, 7) is 3.07. The van der Waals surface area contributed by atoms with Gasteiger partial charge in [0.15, 0.2) is 6.10 Å². The molecule has 1 rings (SSSR count). The monoisotopic (exact) mass is 840 g/mol. The first kappa shape index (κ1) is 53.3. The lowest BCUT2D eigenvalue weighted by Gasteiger charge is -2.41. The molecule has 1 aliphatic carbocycles. The fourth-order valence-electron chi connectivity index (χ4n) is 5.90. The van der Waals surface area contributed by atoms with Gasteiger partial charge in [-0.2, -0.15) is 0 Å². The second-order valence-corrected chi connectivity index (χ2v) is 15.9. The minimum absolute atomic E-state index is 0.0395. The summed E-state index contributed by atoms with van der Waals surface area (Å²) >= 11 is 0. The summed E-state index contributed by atoms with van der Waals surface area (Å²) in [7, 11) is -5.13. The predicted octanol–water partition coefficient (Wildman–Crippen LogP) is 7.55. The molecule has 13 nitrogen and oxygen atoms in total. The van der Waals surface area contributed by atoms with E-state index in [-0.39, 0.29) is 12.8 Å². The van der Waals surface area contributed by atoms with Crippen LogP contribution in [0.5, 0.6) is 0 Å². The number of ether oxygens (including phenoxy) is 2. The summed E-state index contributed by atoms with van der Waals surface area (Å²) < 4.78 is 33.3. The van der Waals surface area contributed by atoms with Gasteiger partial charge < -0.3 is 39.9 Å². The van der Waals surface area contributed by atoms with E-state index in [1.165, 1.54) is 32.1 Å². The van der Waals surface area contributed by atoms with E-state index in [0.717, 1.165) is 57.8 Å². The lowest BCUT2D eigenvalue weighted by molar-refractivity contribution is -0.220. The highest BCUT2D eigenvalue weighted by Crippen LogP contribution is 2.47. The van der Waals surface area contributed by atoms with Crippen molar-refractivity contribution in [3.63, 3.8) is 0 Å². The van der Waals surface area contributed by atoms with Crippen molar-refractivity contribution >= 4 is 19.8 Å². The molecule has 6 unspecified atom stereocenters. The topological polar surface area (TPSA) is 210 Å². The van der Waals surface area contributed by atoms with Crippen molar-refractivity contribution in [3.05, 3.63) is 72.9 Å². The largest absolute Gasteiger partial charge is 0.472 e. The first-order chi connectivity index (χ1) is 27.9. The van der Waals surface area contributed by atoms with Crippen molar-refractivity contribution in [2.75, 3.05) is 13.2 Å². The molecular weight excluding hydrogens is 767 g/mol. The van der Waals surface area contributed by atoms with E-state index in [9.17, 15) is 44.6 Å². The maximum absolute atomic E-state index is 12.8. The number of aliphatic hydroxyl groups excluding tert-OH is 5. The molecule has 0 bridgehead atoms. The predicted molar refractivity (Wildman–Crippen MR) is 225 cm³/mol. The standard InChI is InChI=1S/C44H73O13P/c1-3-5-7-9-11-13-15-16-17-18-19-20-21-22-23-25-26-28-30-32-37(45)54-34-36(56-38(46)33-31-29-27-24-14-12-10-8-6-4-2)35-55-58(52,53)57-44-42(50)40(48)39(47)41(49)43(44)51/h5,7,11,13,16-17,19-20,22-23,26,28,36,39-44,47-51H,3-4,6,8-10,12,14-15,18,21,24-25,27,29-35H2,1-2H3,(H,52,53)/b7-5+,13-11+,17-16+,20-19+,23-22+,28-26+/t36-,39?,40-,41?,42?,43?,44?/m0/s1. The lowest BCUT2D eigenvalue weighted by Crippen LogP contribution is -2.64. The number of esters is 2. The van der Waals surface area contributed by atoms with E-state index < -0.39 is 75.7 Å². The highest BCUT2D eigenvalue weighted by atomic mass is 31.2. The van der Waals surface area contributed by atoms with Crippen LogP contribution in [0.15, 0.2) is 72.9 Å². The number of allylic oxidation sites excluding steroid dienone is 12. The second-order valence-electron chi connectivity index (χ2n) is 14.5. The Bertz CT molecular complexity index is 1290. The molecule has 0 amide bonds. The number of phosphoric ester groups is 1. The number of carbonyl (C=O) groups excluding carboxylic acids is 2. The van der Waals surface area contributed by atoms with Crippen molar-refractivity contribution < 1.29 is 63.1 Å². The van der Waals surface area contributed by atoms with Gasteiger partial charge in [0.25, 0.3) is 0 Å². The Morgan fingerprint density at radius 3 is 1.47 bits per heavy atom. The molecule has 0 heterocycles. The van der Waals surface area contributed by atoms with Crippen molar-refractivity contribution in [1.29, 1.82) is 0 Å². The van der Waals surface area contributed by atoms with Crippen LogP contribution < -0.4 is 0 Å². The van der Waals surface area contributed by atoms with Gasteiger partial charge in [0.1, 0.15) is 43.2 Å². The van der Waals surface area contributed by atoms with Crippen LogP contribution in [-0.2, 0) is 32.7 Å². The van der Waals surface area contributed by atoms with Gasteiger partial charge in [0, 0.05) is 12.8 Å². The van der Waals surface area contributed by atoms with Crippen LogP contribution in [0.3, 0.4) is 0 Å². The molecule has 1 aliphatic rings. The molecule has 14 heteroatoms. The van der Waals surface area contributed by atoms with Crippen molar-refractivity contribution in [2.45, 2.75) is 179 Å². The summed E-state index contributed by atoms with van der Waals surface area (Å²) in [5, 5.41) is 50.0. The Labute approximate surface area is 346 Å². The van der Waals surface area contributed by atoms with Crippen molar-refractivity contribution in [2.24, 2.45) is 0 Å². The molecule has 0 spiro atoms. The second kappa shape index (κ2) is 34.0. The quantitative estimate of drug-likeness (QED) is 0.0163. The Hall–Kier alpha value is -2.71. The van der Waals surface area contributed by atoms with E-state index in [2.05, 4.69) is 68.5 Å². The van der Waals surface area contributed by atoms with Crippen LogP contribution in [-0.4, -0.2) is 98.3 Å². The molecule has 6 N–H and O–H groups in total. The molecule has 332 valence electrons. The molecule has 8 atom stereocenters. The maximum atomic E-state index is 12.8. The summed E-state index contributed by atoms with van der Waals surface area (Å²) in [6, 6.07) is 0. The number of phosphoric acid groups is 1. The summed E-state index contributed by atoms with van der Waals surface area (Å²) in [4.78, 5) is 35.5. The summed E-state index contributed by atoms with van der Waals surface area (Å²) in [6.07, 6.45) is 28.5. The van der Waals surface area contributed by atoms with Gasteiger partial charge in [-0.1, -0.05) is 145 Å². The minimum Gasteiger partial charge on any atom is -0.462 e. The third-order valence-electron chi connectivity index (χ3n) is 9.33. The minimum atomic E-state index is -5.13. The van der Waals surface area contributed by atoms with E-state index in [1.807, 2.05) is 18.2 Å². The molecule has 0 aliphatic heterocycles. The van der Waals surface area contributed by atoms with Crippen molar-refractivity contribution in [1.82, 2.24) is 0 Å². The number of hydrogen-bond donors (Lipinski definition) is 6. The fourth-order valence-corrected chi connectivity index (χ4v) is 6.87. The van der Waals surface area contributed by atoms with Crippen molar-refractivity contribution in [3.8, 4) is 0 Å². The van der Waals surface area contributed by atoms with E-state index >= 15 is 0 Å².